The second-order valence-corrected chi connectivity index (χ2v) is 3.98. The summed E-state index contributed by atoms with van der Waals surface area (Å²) in [6.45, 7) is 4.47. The molecule has 2 rings (SSSR count). The van der Waals surface area contributed by atoms with Gasteiger partial charge in [-0.25, -0.2) is 0 Å². The van der Waals surface area contributed by atoms with E-state index in [-0.39, 0.29) is 0 Å². The average molecular weight is 191 g/mol. The number of hydrogen-bond donors (Lipinski definition) is 1. The highest BCUT2D eigenvalue weighted by molar-refractivity contribution is 5.37. The Morgan fingerprint density at radius 2 is 2.07 bits per heavy atom. The maximum atomic E-state index is 5.38. The molecule has 1 fully saturated rings. The van der Waals surface area contributed by atoms with Crippen LogP contribution in [0.1, 0.15) is 18.4 Å². The van der Waals surface area contributed by atoms with Gasteiger partial charge in [-0.3, -0.25) is 0 Å². The van der Waals surface area contributed by atoms with E-state index < -0.39 is 0 Å². The summed E-state index contributed by atoms with van der Waals surface area (Å²) in [5, 5.41) is 3.42. The van der Waals surface area contributed by atoms with Crippen molar-refractivity contribution in [3.8, 4) is 5.75 Å². The molecule has 1 aliphatic rings. The van der Waals surface area contributed by atoms with E-state index >= 15 is 0 Å². The third-order valence-corrected chi connectivity index (χ3v) is 3.06. The van der Waals surface area contributed by atoms with E-state index in [2.05, 4.69) is 24.4 Å². The van der Waals surface area contributed by atoms with Crippen molar-refractivity contribution < 1.29 is 4.74 Å². The zero-order valence-corrected chi connectivity index (χ0v) is 8.79. The molecular weight excluding hydrogens is 174 g/mol. The van der Waals surface area contributed by atoms with Gasteiger partial charge in [0.15, 0.2) is 0 Å². The highest BCUT2D eigenvalue weighted by Gasteiger charge is 2.26. The first-order valence-electron chi connectivity index (χ1n) is 5.16. The topological polar surface area (TPSA) is 21.3 Å². The zero-order chi connectivity index (χ0) is 9.97. The summed E-state index contributed by atoms with van der Waals surface area (Å²) < 4.78 is 5.38. The van der Waals surface area contributed by atoms with Crippen LogP contribution in [0.4, 0.5) is 0 Å². The minimum Gasteiger partial charge on any atom is -0.496 e. The second kappa shape index (κ2) is 4.01. The van der Waals surface area contributed by atoms with Crippen molar-refractivity contribution in [2.75, 3.05) is 20.2 Å². The van der Waals surface area contributed by atoms with Gasteiger partial charge in [0, 0.05) is 12.5 Å². The van der Waals surface area contributed by atoms with Crippen LogP contribution < -0.4 is 10.1 Å². The largest absolute Gasteiger partial charge is 0.496 e. The second-order valence-electron chi connectivity index (χ2n) is 3.98. The van der Waals surface area contributed by atoms with Crippen molar-refractivity contribution in [1.29, 1.82) is 0 Å². The smallest absolute Gasteiger partial charge is 0.122 e. The first-order valence-corrected chi connectivity index (χ1v) is 5.16. The van der Waals surface area contributed by atoms with Crippen LogP contribution in [-0.2, 0) is 0 Å². The molecule has 0 spiro atoms. The number of nitrogens with one attached hydrogen (secondary N) is 1. The Kier molecular flexibility index (Phi) is 2.73. The third-order valence-electron chi connectivity index (χ3n) is 3.06. The first kappa shape index (κ1) is 9.53. The van der Waals surface area contributed by atoms with Gasteiger partial charge in [-0.05, 0) is 24.1 Å². The van der Waals surface area contributed by atoms with Gasteiger partial charge in [-0.15, -0.1) is 0 Å². The molecule has 0 bridgehead atoms. The predicted octanol–water partition coefficient (Wildman–Crippen LogP) is 2.02. The van der Waals surface area contributed by atoms with Crippen LogP contribution in [0.2, 0.25) is 0 Å². The molecular formula is C12H17NO. The average Bonchev–Trinajstić information content (AvgIpc) is 2.64. The van der Waals surface area contributed by atoms with Crippen LogP contribution in [0.25, 0.3) is 0 Å². The monoisotopic (exact) mass is 191 g/mol. The fourth-order valence-electron chi connectivity index (χ4n) is 2.20. The molecule has 0 amide bonds. The predicted molar refractivity (Wildman–Crippen MR) is 57.8 cm³/mol. The summed E-state index contributed by atoms with van der Waals surface area (Å²) in [4.78, 5) is 0. The Labute approximate surface area is 85.3 Å². The van der Waals surface area contributed by atoms with Crippen LogP contribution in [0.5, 0.6) is 5.75 Å². The van der Waals surface area contributed by atoms with E-state index in [0.29, 0.717) is 11.8 Å². The van der Waals surface area contributed by atoms with Crippen LogP contribution in [0, 0.1) is 5.92 Å². The van der Waals surface area contributed by atoms with Crippen LogP contribution in [0.15, 0.2) is 24.3 Å². The molecule has 0 saturated carbocycles. The van der Waals surface area contributed by atoms with E-state index in [9.17, 15) is 0 Å². The molecule has 0 aliphatic carbocycles. The number of ether oxygens (including phenoxy) is 1. The minimum absolute atomic E-state index is 0.603. The van der Waals surface area contributed by atoms with Crippen LogP contribution in [0.3, 0.4) is 0 Å². The molecule has 76 valence electrons. The van der Waals surface area contributed by atoms with Crippen LogP contribution in [-0.4, -0.2) is 20.2 Å². The molecule has 1 aromatic carbocycles. The minimum atomic E-state index is 0.603. The molecule has 14 heavy (non-hydrogen) atoms. The van der Waals surface area contributed by atoms with E-state index in [1.165, 1.54) is 5.56 Å². The van der Waals surface area contributed by atoms with Gasteiger partial charge in [-0.2, -0.15) is 0 Å². The highest BCUT2D eigenvalue weighted by Crippen LogP contribution is 2.33. The Morgan fingerprint density at radius 3 is 2.71 bits per heavy atom. The Balaban J connectivity index is 2.30. The fraction of sp³-hybridized carbons (Fsp3) is 0.500. The van der Waals surface area contributed by atoms with Crippen LogP contribution >= 0.6 is 0 Å². The Bertz CT molecular complexity index is 311. The molecule has 0 radical (unpaired) electrons. The number of para-hydroxylation sites is 1. The summed E-state index contributed by atoms with van der Waals surface area (Å²) in [5.41, 5.74) is 1.34. The molecule has 1 aliphatic heterocycles. The quantitative estimate of drug-likeness (QED) is 0.772. The lowest BCUT2D eigenvalue weighted by Crippen LogP contribution is -2.09. The van der Waals surface area contributed by atoms with Gasteiger partial charge in [0.1, 0.15) is 5.75 Å². The summed E-state index contributed by atoms with van der Waals surface area (Å²) >= 11 is 0. The molecule has 1 aromatic rings. The van der Waals surface area contributed by atoms with E-state index in [1.54, 1.807) is 7.11 Å². The van der Waals surface area contributed by atoms with Gasteiger partial charge in [0.2, 0.25) is 0 Å². The van der Waals surface area contributed by atoms with Gasteiger partial charge in [0.05, 0.1) is 7.11 Å². The molecule has 0 unspecified atom stereocenters. The highest BCUT2D eigenvalue weighted by atomic mass is 16.5. The lowest BCUT2D eigenvalue weighted by molar-refractivity contribution is 0.401. The number of hydrogen-bond acceptors (Lipinski definition) is 2. The lowest BCUT2D eigenvalue weighted by atomic mass is 9.90. The SMILES string of the molecule is COc1ccccc1[C@@H]1CNC[C@H]1C. The van der Waals surface area contributed by atoms with Gasteiger partial charge in [0.25, 0.3) is 0 Å². The standard InChI is InChI=1S/C12H17NO/c1-9-7-13-8-11(9)10-5-3-4-6-12(10)14-2/h3-6,9,11,13H,7-8H2,1-2H3/t9-,11-/m1/s1. The molecule has 1 N–H and O–H groups in total. The summed E-state index contributed by atoms with van der Waals surface area (Å²) in [7, 11) is 1.74. The molecule has 1 heterocycles. The van der Waals surface area contributed by atoms with Crippen molar-refractivity contribution in [1.82, 2.24) is 5.32 Å². The lowest BCUT2D eigenvalue weighted by Gasteiger charge is -2.17. The fourth-order valence-corrected chi connectivity index (χ4v) is 2.20. The Morgan fingerprint density at radius 1 is 1.29 bits per heavy atom. The maximum absolute atomic E-state index is 5.38. The zero-order valence-electron chi connectivity index (χ0n) is 8.79. The van der Waals surface area contributed by atoms with Gasteiger partial charge in [-0.1, -0.05) is 25.1 Å². The molecule has 0 aromatic heterocycles. The third kappa shape index (κ3) is 1.62. The maximum Gasteiger partial charge on any atom is 0.122 e. The molecule has 2 atom stereocenters. The molecule has 2 heteroatoms. The van der Waals surface area contributed by atoms with Crippen molar-refractivity contribution in [2.24, 2.45) is 5.92 Å². The van der Waals surface area contributed by atoms with Gasteiger partial charge >= 0.3 is 0 Å². The Hall–Kier alpha value is -1.02. The summed E-state index contributed by atoms with van der Waals surface area (Å²) in [6, 6.07) is 8.33. The number of rotatable bonds is 2. The first-order chi connectivity index (χ1) is 6.83. The van der Waals surface area contributed by atoms with E-state index in [0.717, 1.165) is 18.8 Å². The van der Waals surface area contributed by atoms with E-state index in [1.807, 2.05) is 12.1 Å². The van der Waals surface area contributed by atoms with Crippen molar-refractivity contribution >= 4 is 0 Å². The number of benzene rings is 1. The number of methoxy groups -OCH3 is 1. The van der Waals surface area contributed by atoms with Crippen molar-refractivity contribution in [3.63, 3.8) is 0 Å². The summed E-state index contributed by atoms with van der Waals surface area (Å²) in [5.74, 6) is 2.32. The molecule has 2 nitrogen and oxygen atoms in total. The summed E-state index contributed by atoms with van der Waals surface area (Å²) in [6.07, 6.45) is 0. The normalized spacial score (nSPS) is 26.4. The van der Waals surface area contributed by atoms with Crippen molar-refractivity contribution in [2.45, 2.75) is 12.8 Å². The van der Waals surface area contributed by atoms with Crippen molar-refractivity contribution in [3.05, 3.63) is 29.8 Å². The van der Waals surface area contributed by atoms with Gasteiger partial charge < -0.3 is 10.1 Å². The molecule has 1 saturated heterocycles. The van der Waals surface area contributed by atoms with E-state index in [4.69, 9.17) is 4.74 Å².